The Balaban J connectivity index is 1.42. The third kappa shape index (κ3) is 3.82. The Labute approximate surface area is 163 Å². The summed E-state index contributed by atoms with van der Waals surface area (Å²) in [5, 5.41) is 7.73. The summed E-state index contributed by atoms with van der Waals surface area (Å²) in [6.45, 7) is 1.99. The number of hydrogen-bond acceptors (Lipinski definition) is 5. The first-order valence-corrected chi connectivity index (χ1v) is 9.75. The normalized spacial score (nSPS) is 24.8. The van der Waals surface area contributed by atoms with Crippen molar-refractivity contribution >= 4 is 17.5 Å². The number of ether oxygens (including phenoxy) is 1. The molecule has 1 aromatic carbocycles. The van der Waals surface area contributed by atoms with E-state index < -0.39 is 0 Å². The second kappa shape index (κ2) is 7.52. The number of halogens is 1. The van der Waals surface area contributed by atoms with Crippen molar-refractivity contribution in [2.24, 2.45) is 0 Å². The first-order chi connectivity index (χ1) is 13.0. The molecule has 2 aliphatic heterocycles. The summed E-state index contributed by atoms with van der Waals surface area (Å²) in [5.74, 6) is 1.04. The number of aromatic nitrogens is 1. The summed E-state index contributed by atoms with van der Waals surface area (Å²) >= 11 is 5.99. The molecule has 0 radical (unpaired) electrons. The van der Waals surface area contributed by atoms with Gasteiger partial charge in [0.1, 0.15) is 18.1 Å². The number of rotatable bonds is 5. The van der Waals surface area contributed by atoms with Crippen LogP contribution in [0, 0.1) is 6.92 Å². The zero-order valence-corrected chi connectivity index (χ0v) is 16.3. The number of benzene rings is 1. The molecule has 7 heteroatoms. The molecule has 27 heavy (non-hydrogen) atoms. The third-order valence-corrected chi connectivity index (χ3v) is 6.05. The molecule has 0 spiro atoms. The van der Waals surface area contributed by atoms with Gasteiger partial charge in [0, 0.05) is 23.1 Å². The molecule has 2 saturated heterocycles. The topological polar surface area (TPSA) is 67.6 Å². The van der Waals surface area contributed by atoms with Crippen LogP contribution < -0.4 is 10.1 Å². The Bertz CT molecular complexity index is 824. The van der Waals surface area contributed by atoms with Gasteiger partial charge in [-0.2, -0.15) is 0 Å². The van der Waals surface area contributed by atoms with Crippen LogP contribution in [0.3, 0.4) is 0 Å². The highest BCUT2D eigenvalue weighted by atomic mass is 35.5. The van der Waals surface area contributed by atoms with Crippen LogP contribution in [0.25, 0.3) is 0 Å². The fourth-order valence-corrected chi connectivity index (χ4v) is 4.42. The van der Waals surface area contributed by atoms with Crippen molar-refractivity contribution in [1.82, 2.24) is 15.4 Å². The third-order valence-electron chi connectivity index (χ3n) is 5.81. The van der Waals surface area contributed by atoms with Crippen molar-refractivity contribution in [2.75, 3.05) is 7.05 Å². The van der Waals surface area contributed by atoms with Gasteiger partial charge in [0.2, 0.25) is 0 Å². The van der Waals surface area contributed by atoms with Gasteiger partial charge in [-0.1, -0.05) is 22.8 Å². The van der Waals surface area contributed by atoms with E-state index in [9.17, 15) is 4.79 Å². The van der Waals surface area contributed by atoms with Gasteiger partial charge in [-0.3, -0.25) is 4.79 Å². The number of carbonyl (C=O) groups excluding carboxylic acids is 1. The van der Waals surface area contributed by atoms with Crippen LogP contribution in [-0.4, -0.2) is 41.1 Å². The van der Waals surface area contributed by atoms with Crippen LogP contribution in [0.15, 0.2) is 28.8 Å². The number of aryl methyl sites for hydroxylation is 1. The molecule has 0 saturated carbocycles. The van der Waals surface area contributed by atoms with E-state index in [-0.39, 0.29) is 18.6 Å². The van der Waals surface area contributed by atoms with Gasteiger partial charge in [0.15, 0.2) is 5.69 Å². The Hall–Kier alpha value is -2.05. The van der Waals surface area contributed by atoms with E-state index in [0.29, 0.717) is 39.9 Å². The number of nitrogens with one attached hydrogen (secondary N) is 1. The van der Waals surface area contributed by atoms with Crippen LogP contribution in [-0.2, 0) is 6.61 Å². The van der Waals surface area contributed by atoms with Crippen molar-refractivity contribution in [1.29, 1.82) is 0 Å². The monoisotopic (exact) mass is 389 g/mol. The van der Waals surface area contributed by atoms with E-state index in [0.717, 1.165) is 12.8 Å². The molecule has 2 fully saturated rings. The molecule has 2 atom stereocenters. The molecule has 0 aliphatic carbocycles. The van der Waals surface area contributed by atoms with Gasteiger partial charge in [0.05, 0.1) is 5.56 Å². The average molecular weight is 390 g/mol. The number of carbonyl (C=O) groups is 1. The Morgan fingerprint density at radius 1 is 1.37 bits per heavy atom. The first-order valence-electron chi connectivity index (χ1n) is 9.37. The van der Waals surface area contributed by atoms with Crippen molar-refractivity contribution in [3.63, 3.8) is 0 Å². The van der Waals surface area contributed by atoms with E-state index >= 15 is 0 Å². The lowest BCUT2D eigenvalue weighted by Crippen LogP contribution is -2.48. The summed E-state index contributed by atoms with van der Waals surface area (Å²) in [4.78, 5) is 15.3. The van der Waals surface area contributed by atoms with Crippen molar-refractivity contribution in [3.8, 4) is 5.75 Å². The second-order valence-corrected chi connectivity index (χ2v) is 7.94. The van der Waals surface area contributed by atoms with Crippen LogP contribution >= 0.6 is 11.6 Å². The molecule has 2 unspecified atom stereocenters. The van der Waals surface area contributed by atoms with Crippen molar-refractivity contribution in [2.45, 2.75) is 57.3 Å². The van der Waals surface area contributed by atoms with Crippen molar-refractivity contribution in [3.05, 3.63) is 46.3 Å². The predicted molar refractivity (Wildman–Crippen MR) is 102 cm³/mol. The van der Waals surface area contributed by atoms with Gasteiger partial charge in [-0.15, -0.1) is 0 Å². The lowest BCUT2D eigenvalue weighted by atomic mass is 9.98. The Morgan fingerprint density at radius 2 is 2.11 bits per heavy atom. The quantitative estimate of drug-likeness (QED) is 0.846. The first kappa shape index (κ1) is 18.3. The van der Waals surface area contributed by atoms with Crippen LogP contribution in [0.2, 0.25) is 5.02 Å². The molecule has 4 rings (SSSR count). The van der Waals surface area contributed by atoms with Gasteiger partial charge >= 0.3 is 0 Å². The van der Waals surface area contributed by atoms with Crippen molar-refractivity contribution < 1.29 is 14.1 Å². The van der Waals surface area contributed by atoms with Gasteiger partial charge in [-0.25, -0.2) is 0 Å². The van der Waals surface area contributed by atoms with Gasteiger partial charge in [-0.05, 0) is 57.9 Å². The number of piperidine rings is 1. The summed E-state index contributed by atoms with van der Waals surface area (Å²) in [7, 11) is 2.19. The van der Waals surface area contributed by atoms with Crippen LogP contribution in [0.4, 0.5) is 0 Å². The average Bonchev–Trinajstić information content (AvgIpc) is 3.08. The predicted octanol–water partition coefficient (Wildman–Crippen LogP) is 3.57. The molecule has 3 heterocycles. The van der Waals surface area contributed by atoms with Crippen LogP contribution in [0.5, 0.6) is 5.75 Å². The fourth-order valence-electron chi connectivity index (χ4n) is 4.23. The standard InChI is InChI=1S/C20H24ClN3O3/c1-12-18(11-26-17-5-3-4-13(21)8-17)19(23-27-12)20(25)22-14-9-15-6-7-16(10-14)24(15)2/h3-5,8,14-16H,6-7,9-11H2,1-2H3,(H,22,25). The molecular formula is C20H24ClN3O3. The summed E-state index contributed by atoms with van der Waals surface area (Å²) in [6, 6.07) is 8.48. The molecule has 1 N–H and O–H groups in total. The highest BCUT2D eigenvalue weighted by molar-refractivity contribution is 6.30. The zero-order valence-electron chi connectivity index (χ0n) is 15.6. The molecule has 2 aromatic rings. The smallest absolute Gasteiger partial charge is 0.274 e. The summed E-state index contributed by atoms with van der Waals surface area (Å²) < 4.78 is 11.0. The number of nitrogens with zero attached hydrogens (tertiary/aromatic N) is 2. The Kier molecular flexibility index (Phi) is 5.10. The molecule has 144 valence electrons. The Morgan fingerprint density at radius 3 is 2.81 bits per heavy atom. The fraction of sp³-hybridized carbons (Fsp3) is 0.500. The highest BCUT2D eigenvalue weighted by Gasteiger charge is 2.39. The lowest BCUT2D eigenvalue weighted by Gasteiger charge is -2.36. The second-order valence-electron chi connectivity index (χ2n) is 7.50. The minimum absolute atomic E-state index is 0.185. The SMILES string of the molecule is Cc1onc(C(=O)NC2CC3CCC(C2)N3C)c1COc1cccc(Cl)c1. The molecule has 6 nitrogen and oxygen atoms in total. The molecular weight excluding hydrogens is 366 g/mol. The van der Waals surface area contributed by atoms with Gasteiger partial charge in [0.25, 0.3) is 5.91 Å². The highest BCUT2D eigenvalue weighted by Crippen LogP contribution is 2.34. The molecule has 2 aliphatic rings. The largest absolute Gasteiger partial charge is 0.489 e. The maximum Gasteiger partial charge on any atom is 0.274 e. The maximum absolute atomic E-state index is 12.8. The van der Waals surface area contributed by atoms with E-state index in [1.165, 1.54) is 12.8 Å². The zero-order chi connectivity index (χ0) is 19.0. The summed E-state index contributed by atoms with van der Waals surface area (Å²) in [6.07, 6.45) is 4.42. The van der Waals surface area contributed by atoms with E-state index in [1.807, 2.05) is 12.1 Å². The van der Waals surface area contributed by atoms with E-state index in [1.54, 1.807) is 19.1 Å². The number of fused-ring (bicyclic) bond motifs is 2. The lowest BCUT2D eigenvalue weighted by molar-refractivity contribution is 0.0871. The number of amides is 1. The van der Waals surface area contributed by atoms with Crippen LogP contribution in [0.1, 0.15) is 47.5 Å². The number of hydrogen-bond donors (Lipinski definition) is 1. The summed E-state index contributed by atoms with van der Waals surface area (Å²) in [5.41, 5.74) is 0.976. The molecule has 1 amide bonds. The van der Waals surface area contributed by atoms with Gasteiger partial charge < -0.3 is 19.5 Å². The minimum Gasteiger partial charge on any atom is -0.489 e. The molecule has 2 bridgehead atoms. The maximum atomic E-state index is 12.8. The van der Waals surface area contributed by atoms with E-state index in [2.05, 4.69) is 22.4 Å². The van der Waals surface area contributed by atoms with E-state index in [4.69, 9.17) is 20.9 Å². The minimum atomic E-state index is -0.189. The molecule has 1 aromatic heterocycles.